The summed E-state index contributed by atoms with van der Waals surface area (Å²) in [4.78, 5) is 11.1. The van der Waals surface area contributed by atoms with Crippen molar-refractivity contribution in [3.05, 3.63) is 29.3 Å². The van der Waals surface area contributed by atoms with Gasteiger partial charge < -0.3 is 5.32 Å². The number of carbonyl (C=O) groups excluding carboxylic acids is 1. The average molecular weight is 374 g/mol. The Morgan fingerprint density at radius 2 is 1.43 bits per heavy atom. The molecule has 0 bridgehead atoms. The SMILES string of the molecule is O=C(Nc1cccc(Cl)c1)C(F)(F)C(F)(F)C(F)(F)C(F)(F)F. The molecule has 0 aromatic heterocycles. The maximum Gasteiger partial charge on any atom is 0.460 e. The van der Waals surface area contributed by atoms with Crippen LogP contribution in [0.2, 0.25) is 5.02 Å². The zero-order chi connectivity index (χ0) is 18.3. The Balaban J connectivity index is 3.16. The Kier molecular flexibility index (Phi) is 4.86. The second-order valence-electron chi connectivity index (χ2n) is 4.19. The smallest absolute Gasteiger partial charge is 0.321 e. The van der Waals surface area contributed by atoms with E-state index in [4.69, 9.17) is 11.6 Å². The van der Waals surface area contributed by atoms with Crippen molar-refractivity contribution in [3.8, 4) is 0 Å². The lowest BCUT2D eigenvalue weighted by atomic mass is 10.0. The summed E-state index contributed by atoms with van der Waals surface area (Å²) >= 11 is 5.41. The number of hydrogen-bond acceptors (Lipinski definition) is 1. The molecule has 1 N–H and O–H groups in total. The third-order valence-corrected chi connectivity index (χ3v) is 2.75. The molecule has 23 heavy (non-hydrogen) atoms. The van der Waals surface area contributed by atoms with E-state index >= 15 is 0 Å². The summed E-state index contributed by atoms with van der Waals surface area (Å²) in [5.41, 5.74) is -0.603. The van der Waals surface area contributed by atoms with Gasteiger partial charge in [-0.3, -0.25) is 4.79 Å². The fraction of sp³-hybridized carbons (Fsp3) is 0.364. The molecule has 130 valence electrons. The van der Waals surface area contributed by atoms with Crippen molar-refractivity contribution in [1.29, 1.82) is 0 Å². The van der Waals surface area contributed by atoms with Crippen LogP contribution < -0.4 is 5.32 Å². The molecule has 0 fully saturated rings. The topological polar surface area (TPSA) is 29.1 Å². The lowest BCUT2D eigenvalue weighted by Crippen LogP contribution is -2.64. The third-order valence-electron chi connectivity index (χ3n) is 2.51. The molecule has 0 atom stereocenters. The minimum absolute atomic E-state index is 0.140. The van der Waals surface area contributed by atoms with E-state index in [0.717, 1.165) is 23.5 Å². The molecule has 0 aliphatic rings. The summed E-state index contributed by atoms with van der Waals surface area (Å²) in [6.07, 6.45) is -6.99. The van der Waals surface area contributed by atoms with Gasteiger partial charge in [-0.25, -0.2) is 0 Å². The molecule has 0 heterocycles. The van der Waals surface area contributed by atoms with Crippen LogP contribution in [0.15, 0.2) is 24.3 Å². The van der Waals surface area contributed by atoms with Crippen LogP contribution in [0.1, 0.15) is 0 Å². The molecular weight excluding hydrogens is 369 g/mol. The zero-order valence-corrected chi connectivity index (χ0v) is 11.3. The highest BCUT2D eigenvalue weighted by molar-refractivity contribution is 6.30. The largest absolute Gasteiger partial charge is 0.460 e. The molecule has 0 aliphatic heterocycles. The number of anilines is 1. The molecule has 0 spiro atoms. The molecule has 0 aliphatic carbocycles. The summed E-state index contributed by atoms with van der Waals surface area (Å²) in [5.74, 6) is -23.5. The number of halogens is 10. The van der Waals surface area contributed by atoms with Crippen LogP contribution in [0.5, 0.6) is 0 Å². The molecule has 0 unspecified atom stereocenters. The highest BCUT2D eigenvalue weighted by atomic mass is 35.5. The van der Waals surface area contributed by atoms with E-state index < -0.39 is 35.5 Å². The number of alkyl halides is 9. The van der Waals surface area contributed by atoms with Crippen molar-refractivity contribution in [2.45, 2.75) is 23.9 Å². The van der Waals surface area contributed by atoms with E-state index in [9.17, 15) is 44.3 Å². The van der Waals surface area contributed by atoms with Crippen LogP contribution in [-0.2, 0) is 4.79 Å². The quantitative estimate of drug-likeness (QED) is 0.759. The van der Waals surface area contributed by atoms with E-state index in [1.54, 1.807) is 0 Å². The number of hydrogen-bond donors (Lipinski definition) is 1. The Hall–Kier alpha value is -1.65. The molecule has 0 saturated heterocycles. The number of amides is 1. The first-order valence-corrected chi connectivity index (χ1v) is 5.79. The van der Waals surface area contributed by atoms with Gasteiger partial charge >= 0.3 is 29.9 Å². The maximum atomic E-state index is 13.2. The van der Waals surface area contributed by atoms with E-state index in [2.05, 4.69) is 0 Å². The highest BCUT2D eigenvalue weighted by Crippen LogP contribution is 2.53. The maximum absolute atomic E-state index is 13.2. The summed E-state index contributed by atoms with van der Waals surface area (Å²) < 4.78 is 113. The van der Waals surface area contributed by atoms with Gasteiger partial charge in [0.2, 0.25) is 0 Å². The third kappa shape index (κ3) is 3.33. The van der Waals surface area contributed by atoms with Gasteiger partial charge in [0.25, 0.3) is 0 Å². The lowest BCUT2D eigenvalue weighted by molar-refractivity contribution is -0.388. The van der Waals surface area contributed by atoms with E-state index in [0.29, 0.717) is 0 Å². The first kappa shape index (κ1) is 19.4. The first-order valence-electron chi connectivity index (χ1n) is 5.42. The van der Waals surface area contributed by atoms with Gasteiger partial charge in [-0.15, -0.1) is 0 Å². The normalized spacial score (nSPS) is 13.8. The predicted octanol–water partition coefficient (Wildman–Crippen LogP) is 4.75. The predicted molar refractivity (Wildman–Crippen MR) is 61.0 cm³/mol. The van der Waals surface area contributed by atoms with Crippen molar-refractivity contribution in [2.24, 2.45) is 0 Å². The fourth-order valence-corrected chi connectivity index (χ4v) is 1.48. The zero-order valence-electron chi connectivity index (χ0n) is 10.5. The standard InChI is InChI=1S/C11H5ClF9NO/c12-5-2-1-3-6(4-5)22-7(23)8(13,14)9(15,16)10(17,18)11(19,20)21/h1-4H,(H,22,23). The Bertz CT molecular complexity index is 599. The highest BCUT2D eigenvalue weighted by Gasteiger charge is 2.83. The van der Waals surface area contributed by atoms with Gasteiger partial charge in [-0.1, -0.05) is 17.7 Å². The van der Waals surface area contributed by atoms with E-state index in [-0.39, 0.29) is 5.02 Å². The van der Waals surface area contributed by atoms with Crippen LogP contribution in [0, 0.1) is 0 Å². The number of rotatable bonds is 4. The van der Waals surface area contributed by atoms with Crippen molar-refractivity contribution in [1.82, 2.24) is 0 Å². The molecule has 0 radical (unpaired) electrons. The van der Waals surface area contributed by atoms with Crippen LogP contribution >= 0.6 is 11.6 Å². The van der Waals surface area contributed by atoms with Gasteiger partial charge in [0.15, 0.2) is 0 Å². The van der Waals surface area contributed by atoms with Gasteiger partial charge in [-0.05, 0) is 18.2 Å². The van der Waals surface area contributed by atoms with Crippen molar-refractivity contribution in [3.63, 3.8) is 0 Å². The Morgan fingerprint density at radius 1 is 0.913 bits per heavy atom. The second kappa shape index (κ2) is 5.77. The van der Waals surface area contributed by atoms with Crippen LogP contribution in [-0.4, -0.2) is 29.9 Å². The van der Waals surface area contributed by atoms with Crippen molar-refractivity contribution in [2.75, 3.05) is 5.32 Å². The first-order chi connectivity index (χ1) is 10.1. The minimum Gasteiger partial charge on any atom is -0.321 e. The van der Waals surface area contributed by atoms with Crippen molar-refractivity contribution >= 4 is 23.2 Å². The Morgan fingerprint density at radius 3 is 1.87 bits per heavy atom. The van der Waals surface area contributed by atoms with Crippen LogP contribution in [0.25, 0.3) is 0 Å². The molecule has 1 amide bonds. The Labute approximate surface area is 127 Å². The monoisotopic (exact) mass is 373 g/mol. The molecule has 1 rings (SSSR count). The summed E-state index contributed by atoms with van der Waals surface area (Å²) in [7, 11) is 0. The summed E-state index contributed by atoms with van der Waals surface area (Å²) in [6.45, 7) is 0. The lowest BCUT2D eigenvalue weighted by Gasteiger charge is -2.32. The molecule has 1 aromatic rings. The molecule has 2 nitrogen and oxygen atoms in total. The number of nitrogens with one attached hydrogen (secondary N) is 1. The van der Waals surface area contributed by atoms with Gasteiger partial charge in [0.1, 0.15) is 0 Å². The van der Waals surface area contributed by atoms with Gasteiger partial charge in [0, 0.05) is 10.7 Å². The van der Waals surface area contributed by atoms with Gasteiger partial charge in [-0.2, -0.15) is 39.5 Å². The van der Waals surface area contributed by atoms with Crippen LogP contribution in [0.3, 0.4) is 0 Å². The number of carbonyl (C=O) groups is 1. The second-order valence-corrected chi connectivity index (χ2v) is 4.62. The minimum atomic E-state index is -7.13. The molecule has 1 aromatic carbocycles. The van der Waals surface area contributed by atoms with E-state index in [1.165, 1.54) is 6.07 Å². The van der Waals surface area contributed by atoms with Crippen molar-refractivity contribution < 1.29 is 44.3 Å². The molecule has 0 saturated carbocycles. The molecule has 12 heteroatoms. The van der Waals surface area contributed by atoms with E-state index in [1.807, 2.05) is 0 Å². The molecular formula is C11H5ClF9NO. The number of benzene rings is 1. The fourth-order valence-electron chi connectivity index (χ4n) is 1.29. The average Bonchev–Trinajstić information content (AvgIpc) is 2.36. The van der Waals surface area contributed by atoms with Crippen LogP contribution in [0.4, 0.5) is 45.2 Å². The summed E-state index contributed by atoms with van der Waals surface area (Å²) in [6, 6.07) is 3.94. The summed E-state index contributed by atoms with van der Waals surface area (Å²) in [5, 5.41) is 0.958. The van der Waals surface area contributed by atoms with Gasteiger partial charge in [0.05, 0.1) is 0 Å².